The van der Waals surface area contributed by atoms with Crippen LogP contribution in [0.15, 0.2) is 54.6 Å². The number of aromatic nitrogens is 2. The van der Waals surface area contributed by atoms with Crippen molar-refractivity contribution in [3.8, 4) is 0 Å². The number of carbonyl (C=O) groups is 1. The van der Waals surface area contributed by atoms with E-state index in [0.717, 1.165) is 24.1 Å². The summed E-state index contributed by atoms with van der Waals surface area (Å²) in [4.78, 5) is 12.5. The van der Waals surface area contributed by atoms with Crippen LogP contribution in [0.3, 0.4) is 0 Å². The Hall–Kier alpha value is -3.28. The highest BCUT2D eigenvalue weighted by atomic mass is 19.1. The van der Waals surface area contributed by atoms with Gasteiger partial charge in [0, 0.05) is 29.1 Å². The molecule has 2 aliphatic carbocycles. The van der Waals surface area contributed by atoms with Crippen LogP contribution >= 0.6 is 0 Å². The molecule has 4 nitrogen and oxygen atoms in total. The van der Waals surface area contributed by atoms with E-state index < -0.39 is 5.41 Å². The third-order valence-corrected chi connectivity index (χ3v) is 5.68. The van der Waals surface area contributed by atoms with Crippen LogP contribution in [-0.2, 0) is 11.8 Å². The molecule has 5 rings (SSSR count). The zero-order chi connectivity index (χ0) is 20.0. The molecule has 1 amide bonds. The normalized spacial score (nSPS) is 17.0. The average molecular weight is 391 g/mol. The molecular weight excluding hydrogens is 372 g/mol. The number of nitrogens with one attached hydrogen (secondary N) is 2. The molecule has 1 saturated carbocycles. The monoisotopic (exact) mass is 391 g/mol. The third kappa shape index (κ3) is 3.14. The Balaban J connectivity index is 1.61. The lowest BCUT2D eigenvalue weighted by atomic mass is 9.68. The highest BCUT2D eigenvalue weighted by Crippen LogP contribution is 2.42. The van der Waals surface area contributed by atoms with Gasteiger partial charge in [-0.05, 0) is 48.2 Å². The Morgan fingerprint density at radius 3 is 2.31 bits per heavy atom. The first-order valence-corrected chi connectivity index (χ1v) is 9.64. The van der Waals surface area contributed by atoms with Gasteiger partial charge in [-0.25, -0.2) is 8.78 Å². The van der Waals surface area contributed by atoms with E-state index in [1.807, 2.05) is 24.3 Å². The molecule has 2 aliphatic rings. The lowest BCUT2D eigenvalue weighted by Gasteiger charge is -2.34. The first kappa shape index (κ1) is 17.8. The van der Waals surface area contributed by atoms with Crippen LogP contribution in [0.5, 0.6) is 0 Å². The molecule has 6 heteroatoms. The first-order chi connectivity index (χ1) is 14.0. The summed E-state index contributed by atoms with van der Waals surface area (Å²) in [5, 5.41) is 10.2. The number of hydrogen-bond acceptors (Lipinski definition) is 2. The van der Waals surface area contributed by atoms with Gasteiger partial charge >= 0.3 is 0 Å². The van der Waals surface area contributed by atoms with Crippen molar-refractivity contribution in [2.45, 2.75) is 30.7 Å². The van der Waals surface area contributed by atoms with Crippen molar-refractivity contribution >= 4 is 12.0 Å². The number of allylic oxidation sites excluding steroid dienone is 1. The zero-order valence-electron chi connectivity index (χ0n) is 15.6. The fraction of sp³-hybridized carbons (Fsp3) is 0.217. The second-order valence-electron chi connectivity index (χ2n) is 7.71. The Morgan fingerprint density at radius 2 is 1.72 bits per heavy atom. The molecule has 0 radical (unpaired) electrons. The van der Waals surface area contributed by atoms with Gasteiger partial charge in [0.05, 0.1) is 0 Å². The number of amides is 1. The molecule has 0 spiro atoms. The number of nitrogens with zero attached hydrogens (tertiary/aromatic N) is 1. The second kappa shape index (κ2) is 6.65. The molecule has 146 valence electrons. The van der Waals surface area contributed by atoms with Crippen LogP contribution in [0.2, 0.25) is 0 Å². The van der Waals surface area contributed by atoms with E-state index in [0.29, 0.717) is 23.2 Å². The molecule has 2 N–H and O–H groups in total. The number of H-pyrrole nitrogens is 1. The SMILES string of the molecule is O=C(NC1CC1)c1n[nH]c2c1C=CC(c1cccc(F)c1)(c1cccc(F)c1)C2. The minimum absolute atomic E-state index is 0.196. The topological polar surface area (TPSA) is 57.8 Å². The minimum Gasteiger partial charge on any atom is -0.348 e. The Labute approximate surface area is 166 Å². The van der Waals surface area contributed by atoms with Crippen LogP contribution in [0.4, 0.5) is 8.78 Å². The van der Waals surface area contributed by atoms with Crippen molar-refractivity contribution in [3.63, 3.8) is 0 Å². The fourth-order valence-corrected chi connectivity index (χ4v) is 4.01. The van der Waals surface area contributed by atoms with Gasteiger partial charge in [0.15, 0.2) is 5.69 Å². The zero-order valence-corrected chi connectivity index (χ0v) is 15.6. The largest absolute Gasteiger partial charge is 0.348 e. The quantitative estimate of drug-likeness (QED) is 0.702. The number of carbonyl (C=O) groups excluding carboxylic acids is 1. The highest BCUT2D eigenvalue weighted by Gasteiger charge is 2.38. The molecule has 0 aliphatic heterocycles. The first-order valence-electron chi connectivity index (χ1n) is 9.64. The molecular formula is C23H19F2N3O. The van der Waals surface area contributed by atoms with Gasteiger partial charge in [-0.3, -0.25) is 9.89 Å². The number of halogens is 2. The van der Waals surface area contributed by atoms with Gasteiger partial charge in [-0.1, -0.05) is 36.4 Å². The van der Waals surface area contributed by atoms with Gasteiger partial charge in [0.25, 0.3) is 5.91 Å². The molecule has 0 unspecified atom stereocenters. The summed E-state index contributed by atoms with van der Waals surface area (Å²) in [6.07, 6.45) is 6.16. The van der Waals surface area contributed by atoms with Crippen molar-refractivity contribution < 1.29 is 13.6 Å². The summed E-state index contributed by atoms with van der Waals surface area (Å²) in [6, 6.07) is 12.9. The number of benzene rings is 2. The summed E-state index contributed by atoms with van der Waals surface area (Å²) in [6.45, 7) is 0. The number of hydrogen-bond donors (Lipinski definition) is 2. The third-order valence-electron chi connectivity index (χ3n) is 5.68. The van der Waals surface area contributed by atoms with Gasteiger partial charge in [-0.15, -0.1) is 0 Å². The van der Waals surface area contributed by atoms with Crippen LogP contribution < -0.4 is 5.32 Å². The van der Waals surface area contributed by atoms with Gasteiger partial charge in [0.2, 0.25) is 0 Å². The van der Waals surface area contributed by atoms with Crippen molar-refractivity contribution in [2.24, 2.45) is 0 Å². The molecule has 1 fully saturated rings. The second-order valence-corrected chi connectivity index (χ2v) is 7.71. The molecule has 0 bridgehead atoms. The average Bonchev–Trinajstić information content (AvgIpc) is 3.43. The van der Waals surface area contributed by atoms with E-state index in [2.05, 4.69) is 15.5 Å². The van der Waals surface area contributed by atoms with E-state index in [1.54, 1.807) is 12.1 Å². The summed E-state index contributed by atoms with van der Waals surface area (Å²) >= 11 is 0. The number of aromatic amines is 1. The van der Waals surface area contributed by atoms with Gasteiger partial charge < -0.3 is 5.32 Å². The van der Waals surface area contributed by atoms with Crippen molar-refractivity contribution in [1.29, 1.82) is 0 Å². The standard InChI is InChI=1S/C23H19F2N3O/c24-16-5-1-3-14(11-16)23(15-4-2-6-17(25)12-15)10-9-19-20(13-23)27-28-21(19)22(29)26-18-7-8-18/h1-6,9-12,18H,7-8,13H2,(H,26,29)(H,27,28). The van der Waals surface area contributed by atoms with Crippen LogP contribution in [-0.4, -0.2) is 22.1 Å². The molecule has 0 saturated heterocycles. The number of fused-ring (bicyclic) bond motifs is 1. The Kier molecular flexibility index (Phi) is 4.08. The predicted octanol–water partition coefficient (Wildman–Crippen LogP) is 4.14. The fourth-order valence-electron chi connectivity index (χ4n) is 4.01. The van der Waals surface area contributed by atoms with Crippen LogP contribution in [0.25, 0.3) is 6.08 Å². The summed E-state index contributed by atoms with van der Waals surface area (Å²) in [5.74, 6) is -0.906. The summed E-state index contributed by atoms with van der Waals surface area (Å²) in [5.41, 5.74) is 2.50. The maximum Gasteiger partial charge on any atom is 0.272 e. The van der Waals surface area contributed by atoms with Crippen molar-refractivity contribution in [2.75, 3.05) is 0 Å². The lowest BCUT2D eigenvalue weighted by molar-refractivity contribution is 0.0946. The Bertz CT molecular complexity index is 1090. The maximum absolute atomic E-state index is 14.0. The molecule has 29 heavy (non-hydrogen) atoms. The highest BCUT2D eigenvalue weighted by molar-refractivity contribution is 5.97. The molecule has 1 aromatic heterocycles. The lowest BCUT2D eigenvalue weighted by Crippen LogP contribution is -2.31. The van der Waals surface area contributed by atoms with Crippen LogP contribution in [0.1, 0.15) is 45.7 Å². The van der Waals surface area contributed by atoms with E-state index in [4.69, 9.17) is 0 Å². The molecule has 0 atom stereocenters. The molecule has 1 heterocycles. The van der Waals surface area contributed by atoms with Crippen molar-refractivity contribution in [1.82, 2.24) is 15.5 Å². The number of rotatable bonds is 4. The molecule has 3 aromatic rings. The van der Waals surface area contributed by atoms with Crippen molar-refractivity contribution in [3.05, 3.63) is 94.3 Å². The van der Waals surface area contributed by atoms with Gasteiger partial charge in [-0.2, -0.15) is 5.10 Å². The van der Waals surface area contributed by atoms with E-state index in [9.17, 15) is 13.6 Å². The van der Waals surface area contributed by atoms with E-state index in [-0.39, 0.29) is 23.6 Å². The summed E-state index contributed by atoms with van der Waals surface area (Å²) in [7, 11) is 0. The summed E-state index contributed by atoms with van der Waals surface area (Å²) < 4.78 is 28.1. The minimum atomic E-state index is -0.770. The molecule has 2 aromatic carbocycles. The smallest absolute Gasteiger partial charge is 0.272 e. The Morgan fingerprint density at radius 1 is 1.07 bits per heavy atom. The predicted molar refractivity (Wildman–Crippen MR) is 105 cm³/mol. The van der Waals surface area contributed by atoms with E-state index in [1.165, 1.54) is 24.3 Å². The maximum atomic E-state index is 14.0. The van der Waals surface area contributed by atoms with Gasteiger partial charge in [0.1, 0.15) is 11.6 Å². The van der Waals surface area contributed by atoms with Crippen LogP contribution in [0, 0.1) is 11.6 Å². The van der Waals surface area contributed by atoms with E-state index >= 15 is 0 Å².